The van der Waals surface area contributed by atoms with Crippen LogP contribution in [0.15, 0.2) is 71.5 Å². The molecule has 4 nitrogen and oxygen atoms in total. The van der Waals surface area contributed by atoms with Gasteiger partial charge in [-0.1, -0.05) is 55.3 Å². The van der Waals surface area contributed by atoms with E-state index in [0.29, 0.717) is 29.0 Å². The van der Waals surface area contributed by atoms with Crippen LogP contribution in [0.2, 0.25) is 5.02 Å². The maximum absolute atomic E-state index is 13.7. The average Bonchev–Trinajstić information content (AvgIpc) is 2.81. The van der Waals surface area contributed by atoms with E-state index in [-0.39, 0.29) is 10.6 Å². The van der Waals surface area contributed by atoms with Crippen LogP contribution in [0.1, 0.15) is 31.2 Å². The Morgan fingerprint density at radius 3 is 2.59 bits per heavy atom. The Morgan fingerprint density at radius 2 is 1.84 bits per heavy atom. The molecule has 0 saturated heterocycles. The highest BCUT2D eigenvalue weighted by molar-refractivity contribution is 6.30. The predicted octanol–water partition coefficient (Wildman–Crippen LogP) is 6.53. The number of hydrogen-bond acceptors (Lipinski definition) is 3. The molecule has 4 aromatic rings. The minimum Gasteiger partial charge on any atom is -0.494 e. The van der Waals surface area contributed by atoms with E-state index < -0.39 is 5.82 Å². The maximum atomic E-state index is 13.7. The zero-order chi connectivity index (χ0) is 22.5. The van der Waals surface area contributed by atoms with Crippen molar-refractivity contribution in [1.29, 1.82) is 0 Å². The fourth-order valence-corrected chi connectivity index (χ4v) is 3.49. The summed E-state index contributed by atoms with van der Waals surface area (Å²) in [5.74, 6) is 0.687. The van der Waals surface area contributed by atoms with Gasteiger partial charge in [-0.15, -0.1) is 0 Å². The second-order valence-electron chi connectivity index (χ2n) is 7.33. The molecule has 0 aliphatic rings. The third kappa shape index (κ3) is 4.73. The Labute approximate surface area is 190 Å². The molecule has 0 bridgehead atoms. The Kier molecular flexibility index (Phi) is 6.66. The standard InChI is InChI=1S/C26H22ClFN2O2/c1-2-3-16-32-20-12-8-18(9-13-20)10-15-25-29-24-7-5-4-6-21(24)26(31)30(25)19-11-14-23(28)22(27)17-19/h4-15,17H,2-3,16H2,1H3. The first-order valence-electron chi connectivity index (χ1n) is 10.4. The summed E-state index contributed by atoms with van der Waals surface area (Å²) in [6.45, 7) is 2.82. The Morgan fingerprint density at radius 1 is 1.06 bits per heavy atom. The number of rotatable bonds is 7. The molecule has 3 aromatic carbocycles. The van der Waals surface area contributed by atoms with Crippen LogP contribution in [0, 0.1) is 5.82 Å². The third-order valence-electron chi connectivity index (χ3n) is 5.03. The molecule has 0 fully saturated rings. The summed E-state index contributed by atoms with van der Waals surface area (Å²) in [4.78, 5) is 17.9. The molecule has 4 rings (SSSR count). The lowest BCUT2D eigenvalue weighted by molar-refractivity contribution is 0.309. The quantitative estimate of drug-likeness (QED) is 0.302. The second kappa shape index (κ2) is 9.79. The van der Waals surface area contributed by atoms with Crippen molar-refractivity contribution in [3.05, 3.63) is 99.3 Å². The van der Waals surface area contributed by atoms with Crippen molar-refractivity contribution in [2.45, 2.75) is 19.8 Å². The van der Waals surface area contributed by atoms with Gasteiger partial charge in [0.25, 0.3) is 5.56 Å². The van der Waals surface area contributed by atoms with Crippen molar-refractivity contribution in [3.8, 4) is 11.4 Å². The minimum absolute atomic E-state index is 0.0591. The Hall–Kier alpha value is -3.44. The zero-order valence-electron chi connectivity index (χ0n) is 17.6. The smallest absolute Gasteiger partial charge is 0.266 e. The third-order valence-corrected chi connectivity index (χ3v) is 5.32. The fraction of sp³-hybridized carbons (Fsp3) is 0.154. The summed E-state index contributed by atoms with van der Waals surface area (Å²) in [7, 11) is 0. The number of fused-ring (bicyclic) bond motifs is 1. The van der Waals surface area contributed by atoms with Gasteiger partial charge in [0.15, 0.2) is 0 Å². The van der Waals surface area contributed by atoms with Crippen LogP contribution in [0.25, 0.3) is 28.7 Å². The van der Waals surface area contributed by atoms with E-state index in [1.807, 2.05) is 36.4 Å². The van der Waals surface area contributed by atoms with Crippen LogP contribution in [0.4, 0.5) is 4.39 Å². The van der Waals surface area contributed by atoms with E-state index in [1.54, 1.807) is 24.3 Å². The highest BCUT2D eigenvalue weighted by Gasteiger charge is 2.12. The monoisotopic (exact) mass is 448 g/mol. The van der Waals surface area contributed by atoms with Gasteiger partial charge in [0.2, 0.25) is 0 Å². The van der Waals surface area contributed by atoms with Gasteiger partial charge >= 0.3 is 0 Å². The van der Waals surface area contributed by atoms with Gasteiger partial charge in [0, 0.05) is 0 Å². The highest BCUT2D eigenvalue weighted by atomic mass is 35.5. The van der Waals surface area contributed by atoms with E-state index in [0.717, 1.165) is 24.2 Å². The van der Waals surface area contributed by atoms with Crippen LogP contribution < -0.4 is 10.3 Å². The summed E-state index contributed by atoms with van der Waals surface area (Å²) in [5.41, 5.74) is 1.71. The van der Waals surface area contributed by atoms with Crippen molar-refractivity contribution < 1.29 is 9.13 Å². The topological polar surface area (TPSA) is 44.1 Å². The number of halogens is 2. The van der Waals surface area contributed by atoms with Crippen molar-refractivity contribution in [1.82, 2.24) is 9.55 Å². The van der Waals surface area contributed by atoms with Crippen molar-refractivity contribution in [3.63, 3.8) is 0 Å². The molecule has 0 aliphatic heterocycles. The molecule has 0 unspecified atom stereocenters. The van der Waals surface area contributed by atoms with E-state index >= 15 is 0 Å². The minimum atomic E-state index is -0.546. The summed E-state index contributed by atoms with van der Waals surface area (Å²) in [5, 5.41) is 0.412. The number of ether oxygens (including phenoxy) is 1. The molecule has 0 atom stereocenters. The molecule has 0 aliphatic carbocycles. The Balaban J connectivity index is 1.74. The fourth-order valence-electron chi connectivity index (χ4n) is 3.32. The van der Waals surface area contributed by atoms with Crippen molar-refractivity contribution in [2.24, 2.45) is 0 Å². The maximum Gasteiger partial charge on any atom is 0.266 e. The molecule has 1 aromatic heterocycles. The molecule has 32 heavy (non-hydrogen) atoms. The predicted molar refractivity (Wildman–Crippen MR) is 128 cm³/mol. The van der Waals surface area contributed by atoms with Crippen LogP contribution in [-0.2, 0) is 0 Å². The number of benzene rings is 3. The average molecular weight is 449 g/mol. The lowest BCUT2D eigenvalue weighted by atomic mass is 10.2. The van der Waals surface area contributed by atoms with Crippen molar-refractivity contribution in [2.75, 3.05) is 6.61 Å². The summed E-state index contributed by atoms with van der Waals surface area (Å²) < 4.78 is 20.8. The number of para-hydroxylation sites is 1. The van der Waals surface area contributed by atoms with Gasteiger partial charge in [-0.05, 0) is 60.5 Å². The number of hydrogen-bond donors (Lipinski definition) is 0. The van der Waals surface area contributed by atoms with Gasteiger partial charge in [-0.3, -0.25) is 9.36 Å². The summed E-state index contributed by atoms with van der Waals surface area (Å²) >= 11 is 5.98. The summed E-state index contributed by atoms with van der Waals surface area (Å²) in [6.07, 6.45) is 5.73. The molecule has 6 heteroatoms. The highest BCUT2D eigenvalue weighted by Crippen LogP contribution is 2.21. The molecular formula is C26H22ClFN2O2. The SMILES string of the molecule is CCCCOc1ccc(C=Cc2nc3ccccc3c(=O)n2-c2ccc(F)c(Cl)c2)cc1. The Bertz CT molecular complexity index is 1330. The van der Waals surface area contributed by atoms with E-state index in [4.69, 9.17) is 16.3 Å². The normalized spacial score (nSPS) is 11.3. The van der Waals surface area contributed by atoms with Crippen LogP contribution >= 0.6 is 11.6 Å². The van der Waals surface area contributed by atoms with Crippen molar-refractivity contribution >= 4 is 34.7 Å². The lowest BCUT2D eigenvalue weighted by Crippen LogP contribution is -2.22. The second-order valence-corrected chi connectivity index (χ2v) is 7.74. The van der Waals surface area contributed by atoms with Crippen LogP contribution in [-0.4, -0.2) is 16.2 Å². The molecule has 0 saturated carbocycles. The first-order valence-corrected chi connectivity index (χ1v) is 10.8. The van der Waals surface area contributed by atoms with Gasteiger partial charge < -0.3 is 4.74 Å². The van der Waals surface area contributed by atoms with Crippen LogP contribution in [0.5, 0.6) is 5.75 Å². The zero-order valence-corrected chi connectivity index (χ0v) is 18.3. The van der Waals surface area contributed by atoms with E-state index in [1.165, 1.54) is 22.8 Å². The lowest BCUT2D eigenvalue weighted by Gasteiger charge is -2.12. The summed E-state index contributed by atoms with van der Waals surface area (Å²) in [6, 6.07) is 19.0. The molecule has 0 N–H and O–H groups in total. The molecule has 0 radical (unpaired) electrons. The molecule has 0 amide bonds. The van der Waals surface area contributed by atoms with Gasteiger partial charge in [-0.2, -0.15) is 0 Å². The largest absolute Gasteiger partial charge is 0.494 e. The molecule has 1 heterocycles. The number of unbranched alkanes of at least 4 members (excludes halogenated alkanes) is 1. The molecule has 162 valence electrons. The van der Waals surface area contributed by atoms with Gasteiger partial charge in [-0.25, -0.2) is 9.37 Å². The first kappa shape index (κ1) is 21.8. The first-order chi connectivity index (χ1) is 15.6. The van der Waals surface area contributed by atoms with Crippen LogP contribution in [0.3, 0.4) is 0 Å². The van der Waals surface area contributed by atoms with Gasteiger partial charge in [0.05, 0.1) is 28.2 Å². The van der Waals surface area contributed by atoms with Gasteiger partial charge in [0.1, 0.15) is 17.4 Å². The number of aromatic nitrogens is 2. The van der Waals surface area contributed by atoms with E-state index in [2.05, 4.69) is 11.9 Å². The van der Waals surface area contributed by atoms with E-state index in [9.17, 15) is 9.18 Å². The molecule has 0 spiro atoms. The molecular weight excluding hydrogens is 427 g/mol. The number of nitrogens with zero attached hydrogens (tertiary/aromatic N) is 2.